The summed E-state index contributed by atoms with van der Waals surface area (Å²) in [6, 6.07) is 13.4. The van der Waals surface area contributed by atoms with Crippen molar-refractivity contribution in [1.29, 1.82) is 0 Å². The van der Waals surface area contributed by atoms with Crippen LogP contribution in [0.1, 0.15) is 11.1 Å². The van der Waals surface area contributed by atoms with E-state index in [1.807, 2.05) is 42.5 Å². The van der Waals surface area contributed by atoms with Crippen LogP contribution in [0.15, 0.2) is 42.5 Å². The van der Waals surface area contributed by atoms with Gasteiger partial charge >= 0.3 is 0 Å². The first-order valence-corrected chi connectivity index (χ1v) is 9.63. The normalized spacial score (nSPS) is 14.1. The Morgan fingerprint density at radius 1 is 1.00 bits per heavy atom. The van der Waals surface area contributed by atoms with Gasteiger partial charge in [0.1, 0.15) is 12.4 Å². The maximum Gasteiger partial charge on any atom is 0.124 e. The van der Waals surface area contributed by atoms with Gasteiger partial charge in [-0.2, -0.15) is 0 Å². The van der Waals surface area contributed by atoms with Crippen LogP contribution in [0, 0.1) is 0 Å². The van der Waals surface area contributed by atoms with Crippen molar-refractivity contribution in [3.8, 4) is 5.75 Å². The van der Waals surface area contributed by atoms with Gasteiger partial charge in [0, 0.05) is 53.9 Å². The summed E-state index contributed by atoms with van der Waals surface area (Å²) in [4.78, 5) is 2.41. The molecular formula is C20H26Cl4N2O2. The van der Waals surface area contributed by atoms with Crippen LogP contribution in [-0.4, -0.2) is 44.3 Å². The third kappa shape index (κ3) is 7.96. The first-order valence-electron chi connectivity index (χ1n) is 8.88. The maximum absolute atomic E-state index is 6.20. The van der Waals surface area contributed by atoms with Crippen LogP contribution >= 0.6 is 48.0 Å². The van der Waals surface area contributed by atoms with Gasteiger partial charge in [0.25, 0.3) is 0 Å². The number of benzene rings is 2. The Morgan fingerprint density at radius 3 is 2.50 bits per heavy atom. The zero-order valence-electron chi connectivity index (χ0n) is 15.5. The van der Waals surface area contributed by atoms with Crippen molar-refractivity contribution in [2.24, 2.45) is 0 Å². The largest absolute Gasteiger partial charge is 0.489 e. The first kappa shape index (κ1) is 25.3. The van der Waals surface area contributed by atoms with Crippen molar-refractivity contribution >= 4 is 48.0 Å². The summed E-state index contributed by atoms with van der Waals surface area (Å²) in [7, 11) is 0. The van der Waals surface area contributed by atoms with Gasteiger partial charge in [-0.3, -0.25) is 4.90 Å². The average molecular weight is 468 g/mol. The van der Waals surface area contributed by atoms with E-state index in [0.717, 1.165) is 56.3 Å². The van der Waals surface area contributed by atoms with Gasteiger partial charge < -0.3 is 14.8 Å². The van der Waals surface area contributed by atoms with E-state index in [1.165, 1.54) is 0 Å². The Hall–Kier alpha value is -0.720. The van der Waals surface area contributed by atoms with E-state index < -0.39 is 0 Å². The Balaban J connectivity index is 0.00000196. The summed E-state index contributed by atoms with van der Waals surface area (Å²) in [5, 5.41) is 4.90. The molecule has 1 N–H and O–H groups in total. The fraction of sp³-hybridized carbons (Fsp3) is 0.400. The Kier molecular flexibility index (Phi) is 12.2. The van der Waals surface area contributed by atoms with Crippen molar-refractivity contribution < 1.29 is 9.47 Å². The number of hydrogen-bond donors (Lipinski definition) is 1. The zero-order chi connectivity index (χ0) is 18.2. The highest BCUT2D eigenvalue weighted by atomic mass is 35.5. The van der Waals surface area contributed by atoms with Crippen LogP contribution in [-0.2, 0) is 17.9 Å². The molecule has 1 aliphatic rings. The van der Waals surface area contributed by atoms with Gasteiger partial charge in [-0.15, -0.1) is 24.8 Å². The number of morpholine rings is 1. The lowest BCUT2D eigenvalue weighted by molar-refractivity contribution is 0.0384. The molecule has 0 saturated carbocycles. The monoisotopic (exact) mass is 466 g/mol. The first-order chi connectivity index (χ1) is 12.7. The average Bonchev–Trinajstić information content (AvgIpc) is 2.66. The molecule has 2 aromatic carbocycles. The molecule has 1 heterocycles. The van der Waals surface area contributed by atoms with Crippen molar-refractivity contribution in [2.75, 3.05) is 39.4 Å². The molecular weight excluding hydrogens is 442 g/mol. The molecule has 0 radical (unpaired) electrons. The molecule has 0 spiro atoms. The Bertz CT molecular complexity index is 712. The highest BCUT2D eigenvalue weighted by molar-refractivity contribution is 6.31. The second kappa shape index (κ2) is 13.5. The second-order valence-electron chi connectivity index (χ2n) is 6.26. The van der Waals surface area contributed by atoms with Crippen LogP contribution < -0.4 is 10.1 Å². The van der Waals surface area contributed by atoms with E-state index >= 15 is 0 Å². The maximum atomic E-state index is 6.20. The molecule has 0 aliphatic carbocycles. The molecule has 4 nitrogen and oxygen atoms in total. The Morgan fingerprint density at radius 2 is 1.75 bits per heavy atom. The van der Waals surface area contributed by atoms with Crippen molar-refractivity contribution in [3.63, 3.8) is 0 Å². The molecule has 1 saturated heterocycles. The van der Waals surface area contributed by atoms with E-state index in [9.17, 15) is 0 Å². The number of halogens is 4. The molecule has 0 unspecified atom stereocenters. The van der Waals surface area contributed by atoms with Crippen molar-refractivity contribution in [1.82, 2.24) is 10.2 Å². The molecule has 1 fully saturated rings. The molecule has 2 aromatic rings. The second-order valence-corrected chi connectivity index (χ2v) is 7.11. The molecule has 0 aromatic heterocycles. The lowest BCUT2D eigenvalue weighted by atomic mass is 10.2. The van der Waals surface area contributed by atoms with Crippen LogP contribution in [0.2, 0.25) is 10.0 Å². The zero-order valence-corrected chi connectivity index (χ0v) is 18.7. The minimum absolute atomic E-state index is 0. The lowest BCUT2D eigenvalue weighted by Gasteiger charge is -2.26. The van der Waals surface area contributed by atoms with Gasteiger partial charge in [0.15, 0.2) is 0 Å². The predicted octanol–water partition coefficient (Wildman–Crippen LogP) is 4.84. The van der Waals surface area contributed by atoms with E-state index in [4.69, 9.17) is 32.7 Å². The molecule has 3 rings (SSSR count). The molecule has 1 aliphatic heterocycles. The fourth-order valence-corrected chi connectivity index (χ4v) is 3.27. The van der Waals surface area contributed by atoms with Gasteiger partial charge in [-0.1, -0.05) is 41.4 Å². The number of rotatable bonds is 8. The number of hydrogen-bond acceptors (Lipinski definition) is 4. The minimum atomic E-state index is 0. The standard InChI is InChI=1S/C20H24Cl2N2O2.2ClH/c21-18-5-6-20(26-15-16-3-1-2-4-19(16)22)17(13-18)14-23-7-8-24-9-11-25-12-10-24;;/h1-6,13,23H,7-12,14-15H2;2*1H. The topological polar surface area (TPSA) is 33.7 Å². The van der Waals surface area contributed by atoms with Crippen molar-refractivity contribution in [3.05, 3.63) is 63.6 Å². The van der Waals surface area contributed by atoms with Gasteiger partial charge in [-0.25, -0.2) is 0 Å². The number of nitrogens with zero attached hydrogens (tertiary/aromatic N) is 1. The van der Waals surface area contributed by atoms with Gasteiger partial charge in [0.05, 0.1) is 13.2 Å². The fourth-order valence-electron chi connectivity index (χ4n) is 2.88. The summed E-state index contributed by atoms with van der Waals surface area (Å²) >= 11 is 12.4. The van der Waals surface area contributed by atoms with Gasteiger partial charge in [0.2, 0.25) is 0 Å². The highest BCUT2D eigenvalue weighted by Gasteiger charge is 2.10. The van der Waals surface area contributed by atoms with Crippen LogP contribution in [0.4, 0.5) is 0 Å². The molecule has 28 heavy (non-hydrogen) atoms. The van der Waals surface area contributed by atoms with Gasteiger partial charge in [-0.05, 0) is 24.3 Å². The van der Waals surface area contributed by atoms with Crippen LogP contribution in [0.25, 0.3) is 0 Å². The molecule has 156 valence electrons. The minimum Gasteiger partial charge on any atom is -0.489 e. The van der Waals surface area contributed by atoms with Crippen LogP contribution in [0.5, 0.6) is 5.75 Å². The molecule has 0 amide bonds. The SMILES string of the molecule is Cl.Cl.Clc1ccc(OCc2ccccc2Cl)c(CNCCN2CCOCC2)c1. The predicted molar refractivity (Wildman–Crippen MR) is 121 cm³/mol. The lowest BCUT2D eigenvalue weighted by Crippen LogP contribution is -2.40. The van der Waals surface area contributed by atoms with Crippen molar-refractivity contribution in [2.45, 2.75) is 13.2 Å². The molecule has 8 heteroatoms. The summed E-state index contributed by atoms with van der Waals surface area (Å²) in [5.41, 5.74) is 2.02. The number of nitrogens with one attached hydrogen (secondary N) is 1. The third-order valence-corrected chi connectivity index (χ3v) is 4.99. The van der Waals surface area contributed by atoms with E-state index in [2.05, 4.69) is 10.2 Å². The summed E-state index contributed by atoms with van der Waals surface area (Å²) in [5.74, 6) is 0.827. The van der Waals surface area contributed by atoms with Crippen LogP contribution in [0.3, 0.4) is 0 Å². The van der Waals surface area contributed by atoms with E-state index in [-0.39, 0.29) is 24.8 Å². The summed E-state index contributed by atoms with van der Waals surface area (Å²) in [6.45, 7) is 6.74. The quantitative estimate of drug-likeness (QED) is 0.563. The van der Waals surface area contributed by atoms with E-state index in [0.29, 0.717) is 23.2 Å². The summed E-state index contributed by atoms with van der Waals surface area (Å²) in [6.07, 6.45) is 0. The van der Waals surface area contributed by atoms with E-state index in [1.54, 1.807) is 0 Å². The number of ether oxygens (including phenoxy) is 2. The highest BCUT2D eigenvalue weighted by Crippen LogP contribution is 2.25. The summed E-state index contributed by atoms with van der Waals surface area (Å²) < 4.78 is 11.4. The molecule has 0 bridgehead atoms. The Labute approximate surface area is 189 Å². The smallest absolute Gasteiger partial charge is 0.124 e. The third-order valence-electron chi connectivity index (χ3n) is 4.39. The molecule has 0 atom stereocenters.